The maximum atomic E-state index is 14.3. The van der Waals surface area contributed by atoms with E-state index < -0.39 is 5.82 Å². The first kappa shape index (κ1) is 13.7. The fraction of sp³-hybridized carbons (Fsp3) is 0.294. The Morgan fingerprint density at radius 1 is 1.05 bits per heavy atom. The summed E-state index contributed by atoms with van der Waals surface area (Å²) < 4.78 is 30.8. The number of benzene rings is 2. The molecule has 3 nitrogen and oxygen atoms in total. The van der Waals surface area contributed by atoms with Crippen molar-refractivity contribution in [3.05, 3.63) is 36.1 Å². The summed E-state index contributed by atoms with van der Waals surface area (Å²) in [5, 5.41) is 1.61. The Bertz CT molecular complexity index is 776. The Kier molecular flexibility index (Phi) is 3.69. The Labute approximate surface area is 122 Å². The lowest BCUT2D eigenvalue weighted by Gasteiger charge is -2.03. The predicted octanol–water partition coefficient (Wildman–Crippen LogP) is 4.91. The lowest BCUT2D eigenvalue weighted by Crippen LogP contribution is -1.94. The Morgan fingerprint density at radius 2 is 1.86 bits per heavy atom. The average molecular weight is 288 g/mol. The van der Waals surface area contributed by atoms with E-state index in [9.17, 15) is 4.39 Å². The molecule has 0 amide bonds. The van der Waals surface area contributed by atoms with Gasteiger partial charge in [0, 0.05) is 16.8 Å². The third kappa shape index (κ3) is 2.42. The number of hydrogen-bond donors (Lipinski definition) is 0. The van der Waals surface area contributed by atoms with Gasteiger partial charge in [-0.05, 0) is 37.6 Å². The van der Waals surface area contributed by atoms with Crippen LogP contribution in [0.3, 0.4) is 0 Å². The molecule has 0 N–H and O–H groups in total. The maximum absolute atomic E-state index is 14.3. The quantitative estimate of drug-likeness (QED) is 0.668. The highest BCUT2D eigenvalue weighted by atomic mass is 19.1. The Hall–Kier alpha value is -2.23. The van der Waals surface area contributed by atoms with E-state index in [-0.39, 0.29) is 11.3 Å². The van der Waals surface area contributed by atoms with Gasteiger partial charge in [0.25, 0.3) is 0 Å². The maximum Gasteiger partial charge on any atom is 0.208 e. The molecule has 0 spiro atoms. The predicted molar refractivity (Wildman–Crippen MR) is 80.6 cm³/mol. The fourth-order valence-corrected chi connectivity index (χ4v) is 2.35. The number of furan rings is 1. The number of hydrogen-bond acceptors (Lipinski definition) is 3. The molecule has 0 saturated carbocycles. The minimum absolute atomic E-state index is 0.214. The Morgan fingerprint density at radius 3 is 2.62 bits per heavy atom. The fourth-order valence-electron chi connectivity index (χ4n) is 2.35. The lowest BCUT2D eigenvalue weighted by molar-refractivity contribution is 0.317. The summed E-state index contributed by atoms with van der Waals surface area (Å²) >= 11 is 0. The summed E-state index contributed by atoms with van der Waals surface area (Å²) in [6.45, 7) is 4.93. The molecule has 0 aliphatic rings. The van der Waals surface area contributed by atoms with E-state index in [1.165, 1.54) is 0 Å². The van der Waals surface area contributed by atoms with Crippen LogP contribution in [-0.2, 0) is 0 Å². The van der Waals surface area contributed by atoms with E-state index in [1.807, 2.05) is 32.0 Å². The second-order valence-corrected chi connectivity index (χ2v) is 4.80. The molecule has 0 radical (unpaired) electrons. The minimum Gasteiger partial charge on any atom is -0.493 e. The number of rotatable bonds is 5. The average Bonchev–Trinajstić information content (AvgIpc) is 2.87. The highest BCUT2D eigenvalue weighted by Gasteiger charge is 2.15. The van der Waals surface area contributed by atoms with Crippen LogP contribution >= 0.6 is 0 Å². The van der Waals surface area contributed by atoms with Crippen LogP contribution < -0.4 is 9.47 Å². The molecule has 0 saturated heterocycles. The first-order valence-corrected chi connectivity index (χ1v) is 7.15. The van der Waals surface area contributed by atoms with Crippen LogP contribution in [0.5, 0.6) is 11.5 Å². The molecular weight excluding hydrogens is 271 g/mol. The van der Waals surface area contributed by atoms with Crippen molar-refractivity contribution in [2.75, 3.05) is 13.2 Å². The normalized spacial score (nSPS) is 11.2. The van der Waals surface area contributed by atoms with Crippen LogP contribution in [0, 0.1) is 5.82 Å². The van der Waals surface area contributed by atoms with Crippen molar-refractivity contribution in [3.8, 4) is 11.5 Å². The summed E-state index contributed by atoms with van der Waals surface area (Å²) in [5.41, 5.74) is 0.842. The molecule has 110 valence electrons. The standard InChI is InChI=1S/C17H17FO3/c1-3-9-20-11-5-6-12-13-7-8-14(19-4-2)16(18)17(13)21-15(12)10-11/h5-8,10H,3-4,9H2,1-2H3. The topological polar surface area (TPSA) is 31.6 Å². The van der Waals surface area contributed by atoms with Crippen LogP contribution in [0.15, 0.2) is 34.7 Å². The molecule has 0 fully saturated rings. The molecule has 3 aromatic rings. The third-order valence-electron chi connectivity index (χ3n) is 3.29. The van der Waals surface area contributed by atoms with Gasteiger partial charge in [0.05, 0.1) is 13.2 Å². The second kappa shape index (κ2) is 5.64. The summed E-state index contributed by atoms with van der Waals surface area (Å²) in [6, 6.07) is 9.03. The molecular formula is C17H17FO3. The van der Waals surface area contributed by atoms with Crippen molar-refractivity contribution in [1.82, 2.24) is 0 Å². The van der Waals surface area contributed by atoms with Crippen molar-refractivity contribution in [2.45, 2.75) is 20.3 Å². The number of fused-ring (bicyclic) bond motifs is 3. The highest BCUT2D eigenvalue weighted by molar-refractivity contribution is 6.05. The molecule has 0 bridgehead atoms. The molecule has 21 heavy (non-hydrogen) atoms. The van der Waals surface area contributed by atoms with Crippen molar-refractivity contribution < 1.29 is 18.3 Å². The molecule has 0 aliphatic carbocycles. The van der Waals surface area contributed by atoms with Gasteiger partial charge < -0.3 is 13.9 Å². The first-order valence-electron chi connectivity index (χ1n) is 7.15. The number of halogens is 1. The van der Waals surface area contributed by atoms with Gasteiger partial charge in [0.1, 0.15) is 11.3 Å². The molecule has 1 heterocycles. The van der Waals surface area contributed by atoms with Crippen LogP contribution in [0.2, 0.25) is 0 Å². The zero-order valence-electron chi connectivity index (χ0n) is 12.1. The van der Waals surface area contributed by atoms with Crippen molar-refractivity contribution in [2.24, 2.45) is 0 Å². The summed E-state index contributed by atoms with van der Waals surface area (Å²) in [4.78, 5) is 0. The van der Waals surface area contributed by atoms with E-state index in [1.54, 1.807) is 12.1 Å². The van der Waals surface area contributed by atoms with Crippen LogP contribution in [-0.4, -0.2) is 13.2 Å². The van der Waals surface area contributed by atoms with Crippen LogP contribution in [0.1, 0.15) is 20.3 Å². The second-order valence-electron chi connectivity index (χ2n) is 4.80. The minimum atomic E-state index is -0.457. The molecule has 4 heteroatoms. The van der Waals surface area contributed by atoms with Gasteiger partial charge in [-0.3, -0.25) is 0 Å². The van der Waals surface area contributed by atoms with Gasteiger partial charge in [0.15, 0.2) is 11.3 Å². The number of ether oxygens (including phenoxy) is 2. The molecule has 0 unspecified atom stereocenters. The molecule has 0 aliphatic heterocycles. The Balaban J connectivity index is 2.12. The van der Waals surface area contributed by atoms with Crippen molar-refractivity contribution in [3.63, 3.8) is 0 Å². The van der Waals surface area contributed by atoms with Gasteiger partial charge in [-0.25, -0.2) is 0 Å². The molecule has 0 atom stereocenters. The molecule has 2 aromatic carbocycles. The van der Waals surface area contributed by atoms with Crippen LogP contribution in [0.4, 0.5) is 4.39 Å². The summed E-state index contributed by atoms with van der Waals surface area (Å²) in [5.74, 6) is 0.488. The van der Waals surface area contributed by atoms with Gasteiger partial charge in [-0.2, -0.15) is 4.39 Å². The van der Waals surface area contributed by atoms with Crippen LogP contribution in [0.25, 0.3) is 21.9 Å². The van der Waals surface area contributed by atoms with Crippen molar-refractivity contribution >= 4 is 21.9 Å². The third-order valence-corrected chi connectivity index (χ3v) is 3.29. The van der Waals surface area contributed by atoms with E-state index >= 15 is 0 Å². The smallest absolute Gasteiger partial charge is 0.208 e. The van der Waals surface area contributed by atoms with Gasteiger partial charge in [0.2, 0.25) is 5.82 Å². The molecule has 1 aromatic heterocycles. The first-order chi connectivity index (χ1) is 10.2. The zero-order chi connectivity index (χ0) is 14.8. The van der Waals surface area contributed by atoms with Gasteiger partial charge in [-0.15, -0.1) is 0 Å². The zero-order valence-corrected chi connectivity index (χ0v) is 12.1. The van der Waals surface area contributed by atoms with Crippen molar-refractivity contribution in [1.29, 1.82) is 0 Å². The monoisotopic (exact) mass is 288 g/mol. The highest BCUT2D eigenvalue weighted by Crippen LogP contribution is 2.35. The van der Waals surface area contributed by atoms with E-state index in [0.29, 0.717) is 18.8 Å². The molecule has 3 rings (SSSR count). The van der Waals surface area contributed by atoms with Gasteiger partial charge >= 0.3 is 0 Å². The largest absolute Gasteiger partial charge is 0.493 e. The van der Waals surface area contributed by atoms with Gasteiger partial charge in [-0.1, -0.05) is 6.92 Å². The summed E-state index contributed by atoms with van der Waals surface area (Å²) in [7, 11) is 0. The lowest BCUT2D eigenvalue weighted by atomic mass is 10.1. The van der Waals surface area contributed by atoms with E-state index in [2.05, 4.69) is 0 Å². The van der Waals surface area contributed by atoms with E-state index in [4.69, 9.17) is 13.9 Å². The SMILES string of the molecule is CCCOc1ccc2c(c1)oc1c(F)c(OCC)ccc12. The van der Waals surface area contributed by atoms with E-state index in [0.717, 1.165) is 22.9 Å². The summed E-state index contributed by atoms with van der Waals surface area (Å²) in [6.07, 6.45) is 0.935.